The van der Waals surface area contributed by atoms with Crippen molar-refractivity contribution in [3.63, 3.8) is 0 Å². The van der Waals surface area contributed by atoms with E-state index in [0.29, 0.717) is 17.9 Å². The third kappa shape index (κ3) is 2.80. The van der Waals surface area contributed by atoms with Gasteiger partial charge in [-0.05, 0) is 24.4 Å². The standard InChI is InChI=1S/C14H22FN3/c1-4-16-9-11-5-7-17-13(12(11)15)18-8-6-14(2,3)10-18/h5,7,16H,4,6,8-10H2,1-3H3. The van der Waals surface area contributed by atoms with Crippen molar-refractivity contribution in [2.75, 3.05) is 24.5 Å². The molecule has 100 valence electrons. The second-order valence-electron chi connectivity index (χ2n) is 5.72. The molecule has 0 atom stereocenters. The number of nitrogens with one attached hydrogen (secondary N) is 1. The molecule has 3 nitrogen and oxygen atoms in total. The van der Waals surface area contributed by atoms with E-state index >= 15 is 0 Å². The second-order valence-corrected chi connectivity index (χ2v) is 5.72. The highest BCUT2D eigenvalue weighted by Crippen LogP contribution is 2.33. The summed E-state index contributed by atoms with van der Waals surface area (Å²) in [5.41, 5.74) is 0.956. The lowest BCUT2D eigenvalue weighted by Crippen LogP contribution is -2.25. The number of hydrogen-bond donors (Lipinski definition) is 1. The SMILES string of the molecule is CCNCc1ccnc(N2CCC(C)(C)C2)c1F. The van der Waals surface area contributed by atoms with Crippen LogP contribution in [0.25, 0.3) is 0 Å². The smallest absolute Gasteiger partial charge is 0.170 e. The van der Waals surface area contributed by atoms with Crippen molar-refractivity contribution in [3.05, 3.63) is 23.6 Å². The third-order valence-corrected chi connectivity index (χ3v) is 3.49. The summed E-state index contributed by atoms with van der Waals surface area (Å²) in [6.07, 6.45) is 2.79. The van der Waals surface area contributed by atoms with Gasteiger partial charge in [-0.1, -0.05) is 20.8 Å². The van der Waals surface area contributed by atoms with Crippen molar-refractivity contribution in [1.82, 2.24) is 10.3 Å². The second kappa shape index (κ2) is 5.22. The summed E-state index contributed by atoms with van der Waals surface area (Å²) in [7, 11) is 0. The van der Waals surface area contributed by atoms with E-state index in [4.69, 9.17) is 0 Å². The van der Waals surface area contributed by atoms with Crippen molar-refractivity contribution >= 4 is 5.82 Å². The number of nitrogens with zero attached hydrogens (tertiary/aromatic N) is 2. The van der Waals surface area contributed by atoms with Crippen LogP contribution in [0.5, 0.6) is 0 Å². The van der Waals surface area contributed by atoms with E-state index in [2.05, 4.69) is 29.0 Å². The highest BCUT2D eigenvalue weighted by Gasteiger charge is 2.31. The molecular weight excluding hydrogens is 229 g/mol. The summed E-state index contributed by atoms with van der Waals surface area (Å²) in [5, 5.41) is 3.15. The lowest BCUT2D eigenvalue weighted by Gasteiger charge is -2.21. The molecule has 1 aliphatic rings. The molecule has 1 saturated heterocycles. The summed E-state index contributed by atoms with van der Waals surface area (Å²) in [6.45, 7) is 9.62. The van der Waals surface area contributed by atoms with Gasteiger partial charge in [-0.15, -0.1) is 0 Å². The van der Waals surface area contributed by atoms with E-state index in [9.17, 15) is 4.39 Å². The predicted octanol–water partition coefficient (Wildman–Crippen LogP) is 2.57. The van der Waals surface area contributed by atoms with Crippen LogP contribution in [0.4, 0.5) is 10.2 Å². The quantitative estimate of drug-likeness (QED) is 0.891. The molecule has 0 bridgehead atoms. The lowest BCUT2D eigenvalue weighted by molar-refractivity contribution is 0.418. The first kappa shape index (κ1) is 13.3. The third-order valence-electron chi connectivity index (χ3n) is 3.49. The molecule has 1 N–H and O–H groups in total. The lowest BCUT2D eigenvalue weighted by atomic mass is 9.93. The molecule has 0 saturated carbocycles. The maximum atomic E-state index is 14.4. The van der Waals surface area contributed by atoms with Crippen molar-refractivity contribution in [3.8, 4) is 0 Å². The first-order valence-corrected chi connectivity index (χ1v) is 6.62. The molecule has 1 aromatic heterocycles. The van der Waals surface area contributed by atoms with Gasteiger partial charge >= 0.3 is 0 Å². The van der Waals surface area contributed by atoms with Crippen LogP contribution in [0.3, 0.4) is 0 Å². The molecule has 0 aromatic carbocycles. The van der Waals surface area contributed by atoms with Gasteiger partial charge in [0.2, 0.25) is 0 Å². The van der Waals surface area contributed by atoms with Gasteiger partial charge < -0.3 is 10.2 Å². The zero-order valence-corrected chi connectivity index (χ0v) is 11.5. The van der Waals surface area contributed by atoms with Gasteiger partial charge in [0.1, 0.15) is 0 Å². The van der Waals surface area contributed by atoms with E-state index < -0.39 is 0 Å². The maximum absolute atomic E-state index is 14.4. The first-order chi connectivity index (χ1) is 8.53. The number of hydrogen-bond acceptors (Lipinski definition) is 3. The fraction of sp³-hybridized carbons (Fsp3) is 0.643. The number of pyridine rings is 1. The maximum Gasteiger partial charge on any atom is 0.170 e. The predicted molar refractivity (Wildman–Crippen MR) is 72.2 cm³/mol. The fourth-order valence-electron chi connectivity index (χ4n) is 2.38. The molecule has 4 heteroatoms. The molecule has 1 aliphatic heterocycles. The Morgan fingerprint density at radius 3 is 2.89 bits per heavy atom. The van der Waals surface area contributed by atoms with Crippen molar-refractivity contribution in [1.29, 1.82) is 0 Å². The Balaban J connectivity index is 2.18. The average molecular weight is 251 g/mol. The minimum Gasteiger partial charge on any atom is -0.354 e. The van der Waals surface area contributed by atoms with E-state index in [1.807, 2.05) is 6.92 Å². The minimum absolute atomic E-state index is 0.170. The van der Waals surface area contributed by atoms with Crippen molar-refractivity contribution in [2.45, 2.75) is 33.7 Å². The summed E-state index contributed by atoms with van der Waals surface area (Å²) >= 11 is 0. The molecular formula is C14H22FN3. The normalized spacial score (nSPS) is 18.3. The van der Waals surface area contributed by atoms with Gasteiger partial charge in [-0.2, -0.15) is 0 Å². The molecule has 0 spiro atoms. The number of rotatable bonds is 4. The highest BCUT2D eigenvalue weighted by atomic mass is 19.1. The molecule has 0 unspecified atom stereocenters. The van der Waals surface area contributed by atoms with E-state index in [1.54, 1.807) is 12.3 Å². The first-order valence-electron chi connectivity index (χ1n) is 6.62. The molecule has 2 heterocycles. The van der Waals surface area contributed by atoms with Crippen LogP contribution in [0.15, 0.2) is 12.3 Å². The zero-order valence-electron chi connectivity index (χ0n) is 11.5. The Hall–Kier alpha value is -1.16. The molecule has 18 heavy (non-hydrogen) atoms. The van der Waals surface area contributed by atoms with Gasteiger partial charge in [0.25, 0.3) is 0 Å². The molecule has 0 amide bonds. The van der Waals surface area contributed by atoms with E-state index in [-0.39, 0.29) is 11.2 Å². The minimum atomic E-state index is -0.170. The average Bonchev–Trinajstić information content (AvgIpc) is 2.68. The highest BCUT2D eigenvalue weighted by molar-refractivity contribution is 5.44. The Morgan fingerprint density at radius 2 is 2.28 bits per heavy atom. The van der Waals surface area contributed by atoms with Crippen LogP contribution >= 0.6 is 0 Å². The summed E-state index contributed by atoms with van der Waals surface area (Å²) in [4.78, 5) is 6.28. The van der Waals surface area contributed by atoms with Crippen LogP contribution in [0.2, 0.25) is 0 Å². The van der Waals surface area contributed by atoms with Gasteiger partial charge in [0.15, 0.2) is 11.6 Å². The van der Waals surface area contributed by atoms with E-state index in [1.165, 1.54) is 0 Å². The molecule has 2 rings (SSSR count). The van der Waals surface area contributed by atoms with Crippen LogP contribution in [-0.4, -0.2) is 24.6 Å². The number of anilines is 1. The van der Waals surface area contributed by atoms with Crippen LogP contribution in [-0.2, 0) is 6.54 Å². The Labute approximate surface area is 108 Å². The molecule has 0 radical (unpaired) electrons. The largest absolute Gasteiger partial charge is 0.354 e. The van der Waals surface area contributed by atoms with Crippen LogP contribution < -0.4 is 10.2 Å². The van der Waals surface area contributed by atoms with Crippen molar-refractivity contribution < 1.29 is 4.39 Å². The van der Waals surface area contributed by atoms with Crippen molar-refractivity contribution in [2.24, 2.45) is 5.41 Å². The van der Waals surface area contributed by atoms with Gasteiger partial charge in [-0.25, -0.2) is 9.37 Å². The Morgan fingerprint density at radius 1 is 1.50 bits per heavy atom. The van der Waals surface area contributed by atoms with E-state index in [0.717, 1.165) is 26.1 Å². The zero-order chi connectivity index (χ0) is 13.2. The summed E-state index contributed by atoms with van der Waals surface area (Å²) in [6, 6.07) is 1.75. The van der Waals surface area contributed by atoms with Crippen LogP contribution in [0, 0.1) is 11.2 Å². The number of halogens is 1. The monoisotopic (exact) mass is 251 g/mol. The topological polar surface area (TPSA) is 28.2 Å². The van der Waals surface area contributed by atoms with Gasteiger partial charge in [0.05, 0.1) is 0 Å². The molecule has 1 aromatic rings. The Kier molecular flexibility index (Phi) is 3.85. The van der Waals surface area contributed by atoms with Gasteiger partial charge in [0, 0.05) is 31.4 Å². The summed E-state index contributed by atoms with van der Waals surface area (Å²) < 4.78 is 14.4. The fourth-order valence-corrected chi connectivity index (χ4v) is 2.38. The van der Waals surface area contributed by atoms with Crippen LogP contribution in [0.1, 0.15) is 32.8 Å². The molecule has 1 fully saturated rings. The number of aromatic nitrogens is 1. The molecule has 0 aliphatic carbocycles. The Bertz CT molecular complexity index is 418. The summed E-state index contributed by atoms with van der Waals surface area (Å²) in [5.74, 6) is 0.340. The van der Waals surface area contributed by atoms with Gasteiger partial charge in [-0.3, -0.25) is 0 Å².